The van der Waals surface area contributed by atoms with Crippen LogP contribution in [0.3, 0.4) is 0 Å². The molecule has 0 amide bonds. The van der Waals surface area contributed by atoms with Crippen LogP contribution < -0.4 is 4.74 Å². The molecule has 0 saturated carbocycles. The zero-order valence-corrected chi connectivity index (χ0v) is 19.2. The van der Waals surface area contributed by atoms with Gasteiger partial charge in [-0.05, 0) is 58.0 Å². The van der Waals surface area contributed by atoms with E-state index in [4.69, 9.17) is 29.3 Å². The van der Waals surface area contributed by atoms with Crippen LogP contribution in [0.4, 0.5) is 0 Å². The van der Waals surface area contributed by atoms with Crippen molar-refractivity contribution in [3.8, 4) is 5.75 Å². The monoisotopic (exact) mass is 464 g/mol. The standard InChI is InChI=1S/C21H30N2O4.C2H2O4/c1-4-26-21(25)20-15(2)22(3)19-9-8-17(12-18(19)20)27-14-16(24)13-23-10-6-5-7-11-23;3-1(4)2(5)6/h8-9,12,16,24H,4-7,10-11,13-14H2,1-3H3;(H,3,4)(H,5,6). The molecule has 182 valence electrons. The van der Waals surface area contributed by atoms with E-state index < -0.39 is 18.0 Å². The first kappa shape index (κ1) is 26.1. The van der Waals surface area contributed by atoms with Crippen LogP contribution >= 0.6 is 0 Å². The number of nitrogens with zero attached hydrogens (tertiary/aromatic N) is 2. The minimum atomic E-state index is -1.82. The molecule has 1 atom stereocenters. The number of aromatic nitrogens is 1. The maximum Gasteiger partial charge on any atom is 0.414 e. The van der Waals surface area contributed by atoms with Gasteiger partial charge in [0, 0.05) is 30.2 Å². The van der Waals surface area contributed by atoms with Crippen LogP contribution in [-0.2, 0) is 21.4 Å². The molecule has 1 fully saturated rings. The average Bonchev–Trinajstić information content (AvgIpc) is 3.03. The summed E-state index contributed by atoms with van der Waals surface area (Å²) in [6, 6.07) is 5.68. The van der Waals surface area contributed by atoms with Crippen LogP contribution in [0.25, 0.3) is 10.9 Å². The van der Waals surface area contributed by atoms with Gasteiger partial charge >= 0.3 is 17.9 Å². The second-order valence-electron chi connectivity index (χ2n) is 7.86. The molecule has 2 aromatic rings. The van der Waals surface area contributed by atoms with Crippen molar-refractivity contribution in [3.63, 3.8) is 0 Å². The zero-order valence-electron chi connectivity index (χ0n) is 19.2. The number of esters is 1. The second-order valence-corrected chi connectivity index (χ2v) is 7.86. The van der Waals surface area contributed by atoms with E-state index in [-0.39, 0.29) is 12.6 Å². The summed E-state index contributed by atoms with van der Waals surface area (Å²) in [6.07, 6.45) is 3.16. The van der Waals surface area contributed by atoms with E-state index in [1.807, 2.05) is 36.7 Å². The Hall–Kier alpha value is -3.11. The number of rotatable bonds is 7. The van der Waals surface area contributed by atoms with Crippen molar-refractivity contribution >= 4 is 28.8 Å². The molecule has 2 heterocycles. The SMILES string of the molecule is CCOC(=O)c1c(C)n(C)c2ccc(OCC(O)CN3CCCCC3)cc12.O=C(O)C(=O)O. The van der Waals surface area contributed by atoms with E-state index in [1.165, 1.54) is 19.3 Å². The Morgan fingerprint density at radius 3 is 2.30 bits per heavy atom. The number of carbonyl (C=O) groups excluding carboxylic acids is 1. The van der Waals surface area contributed by atoms with Crippen LogP contribution in [-0.4, -0.2) is 81.6 Å². The Kier molecular flexibility index (Phi) is 9.68. The van der Waals surface area contributed by atoms with Crippen molar-refractivity contribution in [3.05, 3.63) is 29.5 Å². The third-order valence-corrected chi connectivity index (χ3v) is 5.49. The van der Waals surface area contributed by atoms with Gasteiger partial charge in [0.15, 0.2) is 0 Å². The summed E-state index contributed by atoms with van der Waals surface area (Å²) in [7, 11) is 1.93. The first-order valence-corrected chi connectivity index (χ1v) is 10.9. The van der Waals surface area contributed by atoms with Crippen molar-refractivity contribution in [2.45, 2.75) is 39.2 Å². The lowest BCUT2D eigenvalue weighted by molar-refractivity contribution is -0.159. The molecule has 1 aromatic carbocycles. The van der Waals surface area contributed by atoms with Gasteiger partial charge in [-0.25, -0.2) is 14.4 Å². The van der Waals surface area contributed by atoms with Crippen molar-refractivity contribution < 1.29 is 39.2 Å². The van der Waals surface area contributed by atoms with Gasteiger partial charge in [0.1, 0.15) is 18.5 Å². The summed E-state index contributed by atoms with van der Waals surface area (Å²) in [4.78, 5) is 32.9. The largest absolute Gasteiger partial charge is 0.491 e. The lowest BCUT2D eigenvalue weighted by Gasteiger charge is -2.28. The highest BCUT2D eigenvalue weighted by atomic mass is 16.5. The number of aryl methyl sites for hydroxylation is 1. The molecule has 3 rings (SSSR count). The lowest BCUT2D eigenvalue weighted by Crippen LogP contribution is -2.38. The maximum atomic E-state index is 12.4. The number of likely N-dealkylation sites (tertiary alicyclic amines) is 1. The van der Waals surface area contributed by atoms with Gasteiger partial charge in [-0.15, -0.1) is 0 Å². The first-order valence-electron chi connectivity index (χ1n) is 10.9. The molecular formula is C23H32N2O8. The Balaban J connectivity index is 0.000000569. The molecule has 1 aromatic heterocycles. The highest BCUT2D eigenvalue weighted by molar-refractivity contribution is 6.27. The van der Waals surface area contributed by atoms with E-state index >= 15 is 0 Å². The van der Waals surface area contributed by atoms with E-state index in [0.717, 1.165) is 29.7 Å². The molecule has 10 nitrogen and oxygen atoms in total. The summed E-state index contributed by atoms with van der Waals surface area (Å²) < 4.78 is 13.0. The number of hydrogen-bond donors (Lipinski definition) is 3. The molecule has 1 saturated heterocycles. The number of piperidine rings is 1. The number of fused-ring (bicyclic) bond motifs is 1. The fourth-order valence-electron chi connectivity index (χ4n) is 3.79. The molecule has 33 heavy (non-hydrogen) atoms. The number of hydrogen-bond acceptors (Lipinski definition) is 7. The summed E-state index contributed by atoms with van der Waals surface area (Å²) in [6.45, 7) is 7.03. The van der Waals surface area contributed by atoms with Crippen LogP contribution in [0, 0.1) is 6.92 Å². The molecule has 0 aliphatic carbocycles. The lowest BCUT2D eigenvalue weighted by atomic mass is 10.1. The Bertz CT molecular complexity index is 966. The molecule has 0 radical (unpaired) electrons. The number of ether oxygens (including phenoxy) is 2. The van der Waals surface area contributed by atoms with E-state index in [1.54, 1.807) is 6.92 Å². The number of aliphatic hydroxyl groups excluding tert-OH is 1. The third kappa shape index (κ3) is 7.19. The van der Waals surface area contributed by atoms with Crippen LogP contribution in [0.1, 0.15) is 42.2 Å². The number of carbonyl (C=O) groups is 3. The van der Waals surface area contributed by atoms with E-state index in [2.05, 4.69) is 4.90 Å². The minimum absolute atomic E-state index is 0.239. The van der Waals surface area contributed by atoms with Gasteiger partial charge in [-0.2, -0.15) is 0 Å². The molecule has 0 bridgehead atoms. The number of aliphatic carboxylic acids is 2. The van der Waals surface area contributed by atoms with E-state index in [9.17, 15) is 9.90 Å². The van der Waals surface area contributed by atoms with Crippen LogP contribution in [0.15, 0.2) is 18.2 Å². The summed E-state index contributed by atoms with van der Waals surface area (Å²) in [5, 5.41) is 25.9. The number of β-amino-alcohol motifs (C(OH)–C–C–N with tert-alkyl or cyclic N) is 1. The van der Waals surface area contributed by atoms with Gasteiger partial charge in [0.25, 0.3) is 0 Å². The van der Waals surface area contributed by atoms with Crippen molar-refractivity contribution in [2.75, 3.05) is 32.8 Å². The first-order chi connectivity index (χ1) is 15.6. The van der Waals surface area contributed by atoms with Gasteiger partial charge in [0.05, 0.1) is 12.2 Å². The molecule has 1 unspecified atom stereocenters. The highest BCUT2D eigenvalue weighted by Crippen LogP contribution is 2.29. The molecule has 10 heteroatoms. The quantitative estimate of drug-likeness (QED) is 0.415. The topological polar surface area (TPSA) is 139 Å². The molecule has 1 aliphatic rings. The normalized spacial score (nSPS) is 14.8. The Morgan fingerprint density at radius 2 is 1.73 bits per heavy atom. The number of benzene rings is 1. The molecular weight excluding hydrogens is 432 g/mol. The maximum absolute atomic E-state index is 12.4. The van der Waals surface area contributed by atoms with Crippen molar-refractivity contribution in [1.82, 2.24) is 9.47 Å². The smallest absolute Gasteiger partial charge is 0.414 e. The van der Waals surface area contributed by atoms with Gasteiger partial charge in [-0.1, -0.05) is 6.42 Å². The predicted octanol–water partition coefficient (Wildman–Crippen LogP) is 2.04. The Labute approximate surface area is 192 Å². The third-order valence-electron chi connectivity index (χ3n) is 5.49. The summed E-state index contributed by atoms with van der Waals surface area (Å²) in [5.74, 6) is -3.32. The number of carboxylic acid groups (broad SMARTS) is 2. The van der Waals surface area contributed by atoms with Gasteiger partial charge in [-0.3, -0.25) is 0 Å². The fourth-order valence-corrected chi connectivity index (χ4v) is 3.79. The second kappa shape index (κ2) is 12.2. The average molecular weight is 465 g/mol. The van der Waals surface area contributed by atoms with Gasteiger partial charge in [0.2, 0.25) is 0 Å². The van der Waals surface area contributed by atoms with Crippen LogP contribution in [0.5, 0.6) is 5.75 Å². The zero-order chi connectivity index (χ0) is 24.5. The number of carboxylic acids is 2. The van der Waals surface area contributed by atoms with Gasteiger partial charge < -0.3 is 34.3 Å². The van der Waals surface area contributed by atoms with Crippen molar-refractivity contribution in [1.29, 1.82) is 0 Å². The summed E-state index contributed by atoms with van der Waals surface area (Å²) in [5.41, 5.74) is 2.40. The summed E-state index contributed by atoms with van der Waals surface area (Å²) >= 11 is 0. The minimum Gasteiger partial charge on any atom is -0.491 e. The molecule has 3 N–H and O–H groups in total. The Morgan fingerprint density at radius 1 is 1.09 bits per heavy atom. The van der Waals surface area contributed by atoms with Crippen LogP contribution in [0.2, 0.25) is 0 Å². The van der Waals surface area contributed by atoms with E-state index in [0.29, 0.717) is 24.5 Å². The highest BCUT2D eigenvalue weighted by Gasteiger charge is 2.20. The van der Waals surface area contributed by atoms with Crippen molar-refractivity contribution in [2.24, 2.45) is 7.05 Å². The predicted molar refractivity (Wildman–Crippen MR) is 121 cm³/mol. The fraction of sp³-hybridized carbons (Fsp3) is 0.522. The molecule has 1 aliphatic heterocycles. The molecule has 0 spiro atoms. The number of aliphatic hydroxyl groups is 1.